The molecule has 10 heteroatoms. The van der Waals surface area contributed by atoms with Gasteiger partial charge in [-0.05, 0) is 17.5 Å². The van der Waals surface area contributed by atoms with Crippen LogP contribution in [0.25, 0.3) is 0 Å². The van der Waals surface area contributed by atoms with E-state index in [9.17, 15) is 19.5 Å². The van der Waals surface area contributed by atoms with Crippen molar-refractivity contribution in [3.8, 4) is 0 Å². The molecule has 2 aromatic rings. The zero-order chi connectivity index (χ0) is 23.5. The van der Waals surface area contributed by atoms with E-state index in [1.165, 1.54) is 16.6 Å². The predicted molar refractivity (Wildman–Crippen MR) is 116 cm³/mol. The zero-order valence-corrected chi connectivity index (χ0v) is 18.8. The van der Waals surface area contributed by atoms with Crippen molar-refractivity contribution in [2.45, 2.75) is 51.9 Å². The van der Waals surface area contributed by atoms with Gasteiger partial charge in [0.05, 0.1) is 18.8 Å². The standard InChI is InChI=1S/C22H30N6O4/c1-22(2,3)18(21(32)27-13-16(29)10-17(27)20(31)23-4)28-12-15(25-26-28)11-24-19(30)14-8-6-5-7-9-14/h5-9,12,16-18,29H,10-11,13H2,1-4H3,(H,23,31)(H,24,30)/t16?,17-,18?/m1/s1. The number of hydrogen-bond donors (Lipinski definition) is 3. The van der Waals surface area contributed by atoms with Crippen LogP contribution in [0.5, 0.6) is 0 Å². The second-order valence-corrected chi connectivity index (χ2v) is 9.02. The third-order valence-electron chi connectivity index (χ3n) is 5.45. The highest BCUT2D eigenvalue weighted by Crippen LogP contribution is 2.34. The predicted octanol–water partition coefficient (Wildman–Crippen LogP) is 0.503. The summed E-state index contributed by atoms with van der Waals surface area (Å²) in [6.07, 6.45) is 1.05. The minimum atomic E-state index is -0.763. The quantitative estimate of drug-likeness (QED) is 0.598. The van der Waals surface area contributed by atoms with Gasteiger partial charge in [-0.2, -0.15) is 0 Å². The maximum Gasteiger partial charge on any atom is 0.251 e. The molecule has 1 saturated heterocycles. The number of carbonyl (C=O) groups is 3. The normalized spacial score (nSPS) is 19.5. The summed E-state index contributed by atoms with van der Waals surface area (Å²) >= 11 is 0. The molecule has 3 rings (SSSR count). The first kappa shape index (κ1) is 23.4. The number of likely N-dealkylation sites (tertiary alicyclic amines) is 1. The molecule has 0 bridgehead atoms. The van der Waals surface area contributed by atoms with E-state index in [1.54, 1.807) is 30.5 Å². The van der Waals surface area contributed by atoms with Gasteiger partial charge < -0.3 is 20.6 Å². The first-order valence-corrected chi connectivity index (χ1v) is 10.6. The Morgan fingerprint density at radius 3 is 2.53 bits per heavy atom. The second-order valence-electron chi connectivity index (χ2n) is 9.02. The molecule has 172 valence electrons. The van der Waals surface area contributed by atoms with E-state index < -0.39 is 23.6 Å². The molecular weight excluding hydrogens is 412 g/mol. The monoisotopic (exact) mass is 442 g/mol. The third kappa shape index (κ3) is 5.13. The van der Waals surface area contributed by atoms with E-state index >= 15 is 0 Å². The fourth-order valence-corrected chi connectivity index (χ4v) is 3.89. The van der Waals surface area contributed by atoms with Crippen molar-refractivity contribution in [1.82, 2.24) is 30.5 Å². The fraction of sp³-hybridized carbons (Fsp3) is 0.500. The lowest BCUT2D eigenvalue weighted by atomic mass is 9.85. The van der Waals surface area contributed by atoms with Crippen molar-refractivity contribution in [3.63, 3.8) is 0 Å². The number of β-amino-alcohol motifs (C(OH)–C–C–N with tert-alkyl or cyclic N) is 1. The van der Waals surface area contributed by atoms with Gasteiger partial charge in [0, 0.05) is 25.6 Å². The molecule has 0 radical (unpaired) electrons. The van der Waals surface area contributed by atoms with Gasteiger partial charge in [0.15, 0.2) is 0 Å². The molecule has 1 fully saturated rings. The largest absolute Gasteiger partial charge is 0.391 e. The van der Waals surface area contributed by atoms with Crippen LogP contribution in [-0.2, 0) is 16.1 Å². The van der Waals surface area contributed by atoms with Crippen LogP contribution in [-0.4, -0.2) is 68.5 Å². The molecule has 32 heavy (non-hydrogen) atoms. The Hall–Kier alpha value is -3.27. The van der Waals surface area contributed by atoms with Crippen LogP contribution in [0.4, 0.5) is 0 Å². The molecule has 3 atom stereocenters. The SMILES string of the molecule is CNC(=O)[C@H]1CC(O)CN1C(=O)C(n1cc(CNC(=O)c2ccccc2)nn1)C(C)(C)C. The summed E-state index contributed by atoms with van der Waals surface area (Å²) in [7, 11) is 1.50. The Morgan fingerprint density at radius 1 is 1.22 bits per heavy atom. The van der Waals surface area contributed by atoms with Gasteiger partial charge in [0.25, 0.3) is 5.91 Å². The number of aliphatic hydroxyl groups is 1. The van der Waals surface area contributed by atoms with Crippen LogP contribution in [0, 0.1) is 5.41 Å². The minimum absolute atomic E-state index is 0.0815. The summed E-state index contributed by atoms with van der Waals surface area (Å²) in [4.78, 5) is 39.5. The fourth-order valence-electron chi connectivity index (χ4n) is 3.89. The summed E-state index contributed by atoms with van der Waals surface area (Å²) in [6.45, 7) is 5.93. The molecule has 0 spiro atoms. The Bertz CT molecular complexity index is 968. The number of rotatable bonds is 6. The molecule has 2 heterocycles. The number of benzene rings is 1. The van der Waals surface area contributed by atoms with E-state index in [-0.39, 0.29) is 37.2 Å². The zero-order valence-electron chi connectivity index (χ0n) is 18.8. The Morgan fingerprint density at radius 2 is 1.91 bits per heavy atom. The molecule has 0 saturated carbocycles. The van der Waals surface area contributed by atoms with Gasteiger partial charge in [0.1, 0.15) is 17.8 Å². The first-order chi connectivity index (χ1) is 15.1. The van der Waals surface area contributed by atoms with E-state index in [0.29, 0.717) is 11.3 Å². The number of carbonyl (C=O) groups excluding carboxylic acids is 3. The molecule has 1 aliphatic heterocycles. The lowest BCUT2D eigenvalue weighted by molar-refractivity contribution is -0.144. The van der Waals surface area contributed by atoms with Crippen molar-refractivity contribution in [2.24, 2.45) is 5.41 Å². The van der Waals surface area contributed by atoms with Crippen LogP contribution < -0.4 is 10.6 Å². The highest BCUT2D eigenvalue weighted by Gasteiger charge is 2.44. The summed E-state index contributed by atoms with van der Waals surface area (Å²) in [6, 6.07) is 7.35. The summed E-state index contributed by atoms with van der Waals surface area (Å²) in [5.41, 5.74) is 0.493. The van der Waals surface area contributed by atoms with Crippen molar-refractivity contribution in [3.05, 3.63) is 47.8 Å². The lowest BCUT2D eigenvalue weighted by Gasteiger charge is -2.34. The molecule has 3 N–H and O–H groups in total. The highest BCUT2D eigenvalue weighted by atomic mass is 16.3. The van der Waals surface area contributed by atoms with Crippen molar-refractivity contribution < 1.29 is 19.5 Å². The number of aliphatic hydroxyl groups excluding tert-OH is 1. The Kier molecular flexibility index (Phi) is 6.93. The number of likely N-dealkylation sites (N-methyl/N-ethyl adjacent to an activating group) is 1. The summed E-state index contributed by atoms with van der Waals surface area (Å²) < 4.78 is 1.47. The molecule has 1 aromatic heterocycles. The number of nitrogens with zero attached hydrogens (tertiary/aromatic N) is 4. The molecule has 10 nitrogen and oxygen atoms in total. The van der Waals surface area contributed by atoms with Crippen LogP contribution in [0.15, 0.2) is 36.5 Å². The number of aromatic nitrogens is 3. The average molecular weight is 443 g/mol. The van der Waals surface area contributed by atoms with Crippen LogP contribution in [0.2, 0.25) is 0 Å². The molecule has 1 aromatic carbocycles. The molecule has 1 aliphatic rings. The van der Waals surface area contributed by atoms with E-state index in [4.69, 9.17) is 0 Å². The van der Waals surface area contributed by atoms with Gasteiger partial charge in [-0.1, -0.05) is 44.2 Å². The third-order valence-corrected chi connectivity index (χ3v) is 5.45. The van der Waals surface area contributed by atoms with Crippen molar-refractivity contribution in [1.29, 1.82) is 0 Å². The Balaban J connectivity index is 1.77. The molecule has 2 unspecified atom stereocenters. The van der Waals surface area contributed by atoms with Gasteiger partial charge in [-0.15, -0.1) is 5.10 Å². The molecule has 3 amide bonds. The van der Waals surface area contributed by atoms with E-state index in [2.05, 4.69) is 20.9 Å². The second kappa shape index (κ2) is 9.47. The lowest BCUT2D eigenvalue weighted by Crippen LogP contribution is -2.49. The first-order valence-electron chi connectivity index (χ1n) is 10.6. The van der Waals surface area contributed by atoms with Gasteiger partial charge in [-0.25, -0.2) is 4.68 Å². The van der Waals surface area contributed by atoms with Crippen LogP contribution >= 0.6 is 0 Å². The summed E-state index contributed by atoms with van der Waals surface area (Å²) in [5, 5.41) is 23.7. The van der Waals surface area contributed by atoms with Gasteiger partial charge >= 0.3 is 0 Å². The highest BCUT2D eigenvalue weighted by molar-refractivity contribution is 5.94. The summed E-state index contributed by atoms with van der Waals surface area (Å²) in [5.74, 6) is -0.860. The number of amides is 3. The van der Waals surface area contributed by atoms with E-state index in [1.807, 2.05) is 26.8 Å². The number of nitrogens with one attached hydrogen (secondary N) is 2. The number of hydrogen-bond acceptors (Lipinski definition) is 6. The Labute approximate surface area is 187 Å². The average Bonchev–Trinajstić information content (AvgIpc) is 3.37. The van der Waals surface area contributed by atoms with Crippen molar-refractivity contribution >= 4 is 17.7 Å². The topological polar surface area (TPSA) is 129 Å². The van der Waals surface area contributed by atoms with Crippen LogP contribution in [0.3, 0.4) is 0 Å². The van der Waals surface area contributed by atoms with E-state index in [0.717, 1.165) is 0 Å². The minimum Gasteiger partial charge on any atom is -0.391 e. The smallest absolute Gasteiger partial charge is 0.251 e. The molecule has 0 aliphatic carbocycles. The maximum atomic E-state index is 13.5. The van der Waals surface area contributed by atoms with Crippen LogP contribution in [0.1, 0.15) is 49.3 Å². The van der Waals surface area contributed by atoms with Gasteiger partial charge in [-0.3, -0.25) is 14.4 Å². The van der Waals surface area contributed by atoms with Gasteiger partial charge in [0.2, 0.25) is 11.8 Å². The van der Waals surface area contributed by atoms with Crippen molar-refractivity contribution in [2.75, 3.05) is 13.6 Å². The maximum absolute atomic E-state index is 13.5. The molecular formula is C22H30N6O4.